The Morgan fingerprint density at radius 1 is 1.12 bits per heavy atom. The van der Waals surface area contributed by atoms with Crippen LogP contribution >= 0.6 is 0 Å². The third-order valence-electron chi connectivity index (χ3n) is 5.22. The van der Waals surface area contributed by atoms with E-state index in [-0.39, 0.29) is 18.2 Å². The van der Waals surface area contributed by atoms with Gasteiger partial charge in [-0.25, -0.2) is 0 Å². The van der Waals surface area contributed by atoms with E-state index in [1.807, 2.05) is 48.3 Å². The Kier molecular flexibility index (Phi) is 4.55. The van der Waals surface area contributed by atoms with Gasteiger partial charge >= 0.3 is 0 Å². The SMILES string of the molecule is CN(CC(=O)NC1(c2ccccc2)CCC1)Cc1ccc2c(c1)OCO2. The third-order valence-corrected chi connectivity index (χ3v) is 5.22. The monoisotopic (exact) mass is 352 g/mol. The molecule has 1 N–H and O–H groups in total. The van der Waals surface area contributed by atoms with Crippen LogP contribution in [-0.2, 0) is 16.9 Å². The summed E-state index contributed by atoms with van der Waals surface area (Å²) in [6.07, 6.45) is 3.17. The Labute approximate surface area is 153 Å². The minimum Gasteiger partial charge on any atom is -0.454 e. The Bertz CT molecular complexity index is 787. The molecule has 4 rings (SSSR count). The molecule has 26 heavy (non-hydrogen) atoms. The van der Waals surface area contributed by atoms with Gasteiger partial charge in [0, 0.05) is 6.54 Å². The molecule has 1 saturated carbocycles. The molecule has 1 aliphatic heterocycles. The van der Waals surface area contributed by atoms with Crippen molar-refractivity contribution in [1.29, 1.82) is 0 Å². The Hall–Kier alpha value is -2.53. The Morgan fingerprint density at radius 3 is 2.62 bits per heavy atom. The van der Waals surface area contributed by atoms with Crippen LogP contribution in [0.3, 0.4) is 0 Å². The molecule has 0 bridgehead atoms. The fourth-order valence-corrected chi connectivity index (χ4v) is 3.73. The number of amides is 1. The van der Waals surface area contributed by atoms with E-state index in [0.29, 0.717) is 13.1 Å². The van der Waals surface area contributed by atoms with Crippen LogP contribution in [-0.4, -0.2) is 31.2 Å². The van der Waals surface area contributed by atoms with Crippen molar-refractivity contribution in [2.45, 2.75) is 31.3 Å². The average molecular weight is 352 g/mol. The zero-order valence-corrected chi connectivity index (χ0v) is 15.0. The lowest BCUT2D eigenvalue weighted by Crippen LogP contribution is -2.52. The maximum Gasteiger partial charge on any atom is 0.234 e. The van der Waals surface area contributed by atoms with Crippen molar-refractivity contribution in [3.63, 3.8) is 0 Å². The van der Waals surface area contributed by atoms with Crippen LogP contribution in [0.25, 0.3) is 0 Å². The number of rotatable bonds is 6. The van der Waals surface area contributed by atoms with Gasteiger partial charge in [0.25, 0.3) is 0 Å². The van der Waals surface area contributed by atoms with Crippen molar-refractivity contribution in [3.05, 3.63) is 59.7 Å². The molecule has 5 heteroatoms. The molecule has 0 spiro atoms. The van der Waals surface area contributed by atoms with Gasteiger partial charge in [0.05, 0.1) is 12.1 Å². The van der Waals surface area contributed by atoms with Crippen LogP contribution in [0.4, 0.5) is 0 Å². The molecule has 2 aromatic carbocycles. The van der Waals surface area contributed by atoms with Crippen LogP contribution < -0.4 is 14.8 Å². The summed E-state index contributed by atoms with van der Waals surface area (Å²) in [5.41, 5.74) is 2.13. The molecule has 0 aromatic heterocycles. The van der Waals surface area contributed by atoms with Crippen molar-refractivity contribution < 1.29 is 14.3 Å². The molecule has 0 radical (unpaired) electrons. The minimum atomic E-state index is -0.183. The number of benzene rings is 2. The summed E-state index contributed by atoms with van der Waals surface area (Å²) in [7, 11) is 1.96. The average Bonchev–Trinajstić information content (AvgIpc) is 3.06. The predicted molar refractivity (Wildman–Crippen MR) is 99.0 cm³/mol. The lowest BCUT2D eigenvalue weighted by Gasteiger charge is -2.43. The van der Waals surface area contributed by atoms with Gasteiger partial charge in [0.1, 0.15) is 0 Å². The quantitative estimate of drug-likeness (QED) is 0.868. The number of carbonyl (C=O) groups is 1. The van der Waals surface area contributed by atoms with Crippen molar-refractivity contribution in [2.75, 3.05) is 20.4 Å². The molecule has 0 saturated heterocycles. The standard InChI is InChI=1S/C21H24N2O3/c1-23(13-16-8-9-18-19(12-16)26-15-25-18)14-20(24)22-21(10-5-11-21)17-6-3-2-4-7-17/h2-4,6-9,12H,5,10-11,13-15H2,1H3,(H,22,24). The summed E-state index contributed by atoms with van der Waals surface area (Å²) >= 11 is 0. The first-order valence-corrected chi connectivity index (χ1v) is 9.08. The number of hydrogen-bond acceptors (Lipinski definition) is 4. The van der Waals surface area contributed by atoms with E-state index in [0.717, 1.165) is 36.3 Å². The highest BCUT2D eigenvalue weighted by Crippen LogP contribution is 2.41. The topological polar surface area (TPSA) is 50.8 Å². The molecule has 1 aliphatic carbocycles. The second-order valence-corrected chi connectivity index (χ2v) is 7.21. The fraction of sp³-hybridized carbons (Fsp3) is 0.381. The molecule has 1 amide bonds. The van der Waals surface area contributed by atoms with E-state index in [4.69, 9.17) is 9.47 Å². The maximum atomic E-state index is 12.6. The number of hydrogen-bond donors (Lipinski definition) is 1. The van der Waals surface area contributed by atoms with Gasteiger partial charge in [-0.3, -0.25) is 9.69 Å². The highest BCUT2D eigenvalue weighted by atomic mass is 16.7. The maximum absolute atomic E-state index is 12.6. The summed E-state index contributed by atoms with van der Waals surface area (Å²) in [6.45, 7) is 1.32. The first-order valence-electron chi connectivity index (χ1n) is 9.08. The molecule has 1 heterocycles. The zero-order chi connectivity index (χ0) is 18.0. The fourth-order valence-electron chi connectivity index (χ4n) is 3.73. The first-order chi connectivity index (χ1) is 12.6. The molecule has 2 aromatic rings. The van der Waals surface area contributed by atoms with Gasteiger partial charge < -0.3 is 14.8 Å². The van der Waals surface area contributed by atoms with Gasteiger partial charge in [-0.05, 0) is 49.6 Å². The highest BCUT2D eigenvalue weighted by molar-refractivity contribution is 5.79. The lowest BCUT2D eigenvalue weighted by molar-refractivity contribution is -0.125. The Morgan fingerprint density at radius 2 is 1.88 bits per heavy atom. The smallest absolute Gasteiger partial charge is 0.234 e. The van der Waals surface area contributed by atoms with Crippen molar-refractivity contribution in [1.82, 2.24) is 10.2 Å². The summed E-state index contributed by atoms with van der Waals surface area (Å²) in [5.74, 6) is 1.62. The van der Waals surface area contributed by atoms with Crippen LogP contribution in [0.5, 0.6) is 11.5 Å². The van der Waals surface area contributed by atoms with Crippen LogP contribution in [0.15, 0.2) is 48.5 Å². The molecule has 0 unspecified atom stereocenters. The van der Waals surface area contributed by atoms with Gasteiger partial charge in [-0.2, -0.15) is 0 Å². The van der Waals surface area contributed by atoms with E-state index >= 15 is 0 Å². The zero-order valence-electron chi connectivity index (χ0n) is 15.0. The van der Waals surface area contributed by atoms with E-state index in [2.05, 4.69) is 17.4 Å². The number of carbonyl (C=O) groups excluding carboxylic acids is 1. The predicted octanol–water partition coefficient (Wildman–Crippen LogP) is 3.04. The number of fused-ring (bicyclic) bond motifs is 1. The van der Waals surface area contributed by atoms with Crippen LogP contribution in [0.1, 0.15) is 30.4 Å². The van der Waals surface area contributed by atoms with Crippen LogP contribution in [0, 0.1) is 0 Å². The number of nitrogens with zero attached hydrogens (tertiary/aromatic N) is 1. The molecule has 0 atom stereocenters. The number of ether oxygens (including phenoxy) is 2. The number of likely N-dealkylation sites (N-methyl/N-ethyl adjacent to an activating group) is 1. The largest absolute Gasteiger partial charge is 0.454 e. The van der Waals surface area contributed by atoms with E-state index in [9.17, 15) is 4.79 Å². The van der Waals surface area contributed by atoms with Crippen molar-refractivity contribution in [3.8, 4) is 11.5 Å². The molecule has 5 nitrogen and oxygen atoms in total. The molecule has 136 valence electrons. The van der Waals surface area contributed by atoms with Crippen LogP contribution in [0.2, 0.25) is 0 Å². The first kappa shape index (κ1) is 16.9. The van der Waals surface area contributed by atoms with Gasteiger partial charge in [0.2, 0.25) is 12.7 Å². The minimum absolute atomic E-state index is 0.0665. The summed E-state index contributed by atoms with van der Waals surface area (Å²) in [4.78, 5) is 14.6. The molecule has 2 aliphatic rings. The van der Waals surface area contributed by atoms with Gasteiger partial charge in [0.15, 0.2) is 11.5 Å². The number of nitrogens with one attached hydrogen (secondary N) is 1. The highest BCUT2D eigenvalue weighted by Gasteiger charge is 2.39. The summed E-state index contributed by atoms with van der Waals surface area (Å²) in [6, 6.07) is 16.2. The van der Waals surface area contributed by atoms with E-state index in [1.54, 1.807) is 0 Å². The molecular weight excluding hydrogens is 328 g/mol. The summed E-state index contributed by atoms with van der Waals surface area (Å²) < 4.78 is 10.8. The van der Waals surface area contributed by atoms with Crippen molar-refractivity contribution in [2.24, 2.45) is 0 Å². The normalized spacial score (nSPS) is 17.0. The molecular formula is C21H24N2O3. The second-order valence-electron chi connectivity index (χ2n) is 7.21. The van der Waals surface area contributed by atoms with E-state index < -0.39 is 0 Å². The van der Waals surface area contributed by atoms with E-state index in [1.165, 1.54) is 5.56 Å². The van der Waals surface area contributed by atoms with Gasteiger partial charge in [-0.15, -0.1) is 0 Å². The third kappa shape index (κ3) is 3.40. The summed E-state index contributed by atoms with van der Waals surface area (Å²) in [5, 5.41) is 3.28. The van der Waals surface area contributed by atoms with Crippen molar-refractivity contribution >= 4 is 5.91 Å². The lowest BCUT2D eigenvalue weighted by atomic mass is 9.72. The second kappa shape index (κ2) is 7.00. The molecule has 1 fully saturated rings. The Balaban J connectivity index is 1.35. The van der Waals surface area contributed by atoms with Gasteiger partial charge in [-0.1, -0.05) is 36.4 Å².